The molecule has 2 rings (SSSR count). The highest BCUT2D eigenvalue weighted by molar-refractivity contribution is 6.30. The summed E-state index contributed by atoms with van der Waals surface area (Å²) in [5.41, 5.74) is 1.66. The number of aromatic hydroxyl groups is 1. The second-order valence-electron chi connectivity index (χ2n) is 3.65. The Bertz CT molecular complexity index is 568. The van der Waals surface area contributed by atoms with Crippen LogP contribution >= 0.6 is 11.6 Å². The number of hydrogen-bond acceptors (Lipinski definition) is 4. The number of phenols is 1. The van der Waals surface area contributed by atoms with Crippen LogP contribution in [-0.2, 0) is 6.61 Å². The monoisotopic (exact) mass is 262 g/mol. The number of halogens is 1. The predicted molar refractivity (Wildman–Crippen MR) is 69.7 cm³/mol. The fourth-order valence-electron chi connectivity index (χ4n) is 1.38. The van der Waals surface area contributed by atoms with Crippen LogP contribution in [0.4, 0.5) is 11.4 Å². The van der Waals surface area contributed by atoms with Crippen LogP contribution in [0.3, 0.4) is 0 Å². The summed E-state index contributed by atoms with van der Waals surface area (Å²) < 4.78 is 0. The van der Waals surface area contributed by atoms with Gasteiger partial charge < -0.3 is 10.2 Å². The SMILES string of the molecule is OCc1cc(N=Nc2ccc(Cl)cc2)ccc1O. The van der Waals surface area contributed by atoms with E-state index in [4.69, 9.17) is 16.7 Å². The lowest BCUT2D eigenvalue weighted by Crippen LogP contribution is -1.82. The highest BCUT2D eigenvalue weighted by atomic mass is 35.5. The highest BCUT2D eigenvalue weighted by Crippen LogP contribution is 2.25. The molecule has 5 heteroatoms. The van der Waals surface area contributed by atoms with Crippen LogP contribution < -0.4 is 0 Å². The zero-order chi connectivity index (χ0) is 13.0. The minimum absolute atomic E-state index is 0.0444. The van der Waals surface area contributed by atoms with Crippen LogP contribution in [0.2, 0.25) is 5.02 Å². The van der Waals surface area contributed by atoms with E-state index in [2.05, 4.69) is 10.2 Å². The van der Waals surface area contributed by atoms with Crippen molar-refractivity contribution >= 4 is 23.0 Å². The second-order valence-corrected chi connectivity index (χ2v) is 4.08. The fourth-order valence-corrected chi connectivity index (χ4v) is 1.51. The molecular weight excluding hydrogens is 252 g/mol. The third-order valence-electron chi connectivity index (χ3n) is 2.34. The van der Waals surface area contributed by atoms with Crippen molar-refractivity contribution in [3.63, 3.8) is 0 Å². The van der Waals surface area contributed by atoms with E-state index in [1.54, 1.807) is 36.4 Å². The van der Waals surface area contributed by atoms with E-state index in [1.807, 2.05) is 0 Å². The summed E-state index contributed by atoms with van der Waals surface area (Å²) in [7, 11) is 0. The summed E-state index contributed by atoms with van der Waals surface area (Å²) in [4.78, 5) is 0. The van der Waals surface area contributed by atoms with Crippen molar-refractivity contribution in [2.45, 2.75) is 6.61 Å². The van der Waals surface area contributed by atoms with Gasteiger partial charge in [0.1, 0.15) is 5.75 Å². The smallest absolute Gasteiger partial charge is 0.121 e. The van der Waals surface area contributed by atoms with Gasteiger partial charge in [0, 0.05) is 10.6 Å². The Morgan fingerprint density at radius 3 is 2.22 bits per heavy atom. The van der Waals surface area contributed by atoms with Gasteiger partial charge >= 0.3 is 0 Å². The summed E-state index contributed by atoms with van der Waals surface area (Å²) >= 11 is 5.76. The standard InChI is InChI=1S/C13H11ClN2O2/c14-10-1-3-11(4-2-10)15-16-12-5-6-13(18)9(7-12)8-17/h1-7,17-18H,8H2. The fraction of sp³-hybridized carbons (Fsp3) is 0.0769. The average molecular weight is 263 g/mol. The lowest BCUT2D eigenvalue weighted by atomic mass is 10.2. The first-order valence-corrected chi connectivity index (χ1v) is 5.67. The van der Waals surface area contributed by atoms with Crippen molar-refractivity contribution in [2.24, 2.45) is 10.2 Å². The van der Waals surface area contributed by atoms with Gasteiger partial charge in [-0.15, -0.1) is 0 Å². The molecule has 4 nitrogen and oxygen atoms in total. The van der Waals surface area contributed by atoms with Gasteiger partial charge in [-0.1, -0.05) is 11.6 Å². The molecule has 0 atom stereocenters. The van der Waals surface area contributed by atoms with E-state index in [-0.39, 0.29) is 12.4 Å². The molecule has 0 aliphatic carbocycles. The second kappa shape index (κ2) is 5.62. The Balaban J connectivity index is 2.20. The van der Waals surface area contributed by atoms with Crippen LogP contribution in [0.25, 0.3) is 0 Å². The number of hydrogen-bond donors (Lipinski definition) is 2. The van der Waals surface area contributed by atoms with Crippen molar-refractivity contribution in [3.05, 3.63) is 53.1 Å². The quantitative estimate of drug-likeness (QED) is 0.823. The molecule has 0 bridgehead atoms. The lowest BCUT2D eigenvalue weighted by molar-refractivity contribution is 0.275. The predicted octanol–water partition coefficient (Wildman–Crippen LogP) is 3.95. The number of aliphatic hydroxyl groups is 1. The summed E-state index contributed by atoms with van der Waals surface area (Å²) in [6.45, 7) is -0.240. The first-order valence-electron chi connectivity index (χ1n) is 5.29. The van der Waals surface area contributed by atoms with Crippen molar-refractivity contribution in [1.29, 1.82) is 0 Å². The molecule has 2 aromatic rings. The van der Waals surface area contributed by atoms with Gasteiger partial charge in [0.15, 0.2) is 0 Å². The van der Waals surface area contributed by atoms with E-state index in [1.165, 1.54) is 6.07 Å². The Labute approximate surface area is 109 Å². The molecule has 2 N–H and O–H groups in total. The van der Waals surface area contributed by atoms with Crippen molar-refractivity contribution in [2.75, 3.05) is 0 Å². The van der Waals surface area contributed by atoms with Gasteiger partial charge in [0.05, 0.1) is 18.0 Å². The van der Waals surface area contributed by atoms with Crippen LogP contribution in [0.1, 0.15) is 5.56 Å². The lowest BCUT2D eigenvalue weighted by Gasteiger charge is -2.01. The molecule has 0 fully saturated rings. The molecule has 0 heterocycles. The van der Waals surface area contributed by atoms with Crippen LogP contribution in [0.5, 0.6) is 5.75 Å². The largest absolute Gasteiger partial charge is 0.508 e. The topological polar surface area (TPSA) is 65.2 Å². The van der Waals surface area contributed by atoms with E-state index >= 15 is 0 Å². The number of benzene rings is 2. The van der Waals surface area contributed by atoms with E-state index in [0.717, 1.165) is 0 Å². The average Bonchev–Trinajstić information content (AvgIpc) is 2.39. The van der Waals surface area contributed by atoms with Crippen molar-refractivity contribution in [3.8, 4) is 5.75 Å². The van der Waals surface area contributed by atoms with Crippen LogP contribution in [-0.4, -0.2) is 10.2 Å². The van der Waals surface area contributed by atoms with E-state index in [0.29, 0.717) is 22.0 Å². The minimum atomic E-state index is -0.240. The third-order valence-corrected chi connectivity index (χ3v) is 2.59. The van der Waals surface area contributed by atoms with Gasteiger partial charge in [-0.25, -0.2) is 0 Å². The third kappa shape index (κ3) is 3.06. The molecule has 0 saturated carbocycles. The first kappa shape index (κ1) is 12.5. The van der Waals surface area contributed by atoms with Crippen LogP contribution in [0, 0.1) is 0 Å². The Hall–Kier alpha value is -1.91. The molecule has 92 valence electrons. The zero-order valence-corrected chi connectivity index (χ0v) is 10.2. The molecule has 18 heavy (non-hydrogen) atoms. The number of aliphatic hydroxyl groups excluding tert-OH is 1. The van der Waals surface area contributed by atoms with E-state index in [9.17, 15) is 5.11 Å². The van der Waals surface area contributed by atoms with Gasteiger partial charge in [-0.3, -0.25) is 0 Å². The molecule has 0 unspecified atom stereocenters. The van der Waals surface area contributed by atoms with Crippen LogP contribution in [0.15, 0.2) is 52.7 Å². The first-order chi connectivity index (χ1) is 8.69. The van der Waals surface area contributed by atoms with Crippen molar-refractivity contribution < 1.29 is 10.2 Å². The Morgan fingerprint density at radius 1 is 0.944 bits per heavy atom. The van der Waals surface area contributed by atoms with Gasteiger partial charge in [0.25, 0.3) is 0 Å². The summed E-state index contributed by atoms with van der Waals surface area (Å²) in [6.07, 6.45) is 0. The maximum absolute atomic E-state index is 9.40. The Kier molecular flexibility index (Phi) is 3.92. The highest BCUT2D eigenvalue weighted by Gasteiger charge is 2.00. The zero-order valence-electron chi connectivity index (χ0n) is 9.42. The molecule has 0 spiro atoms. The van der Waals surface area contributed by atoms with Gasteiger partial charge in [0.2, 0.25) is 0 Å². The minimum Gasteiger partial charge on any atom is -0.508 e. The van der Waals surface area contributed by atoms with Gasteiger partial charge in [-0.05, 0) is 42.5 Å². The molecular formula is C13H11ClN2O2. The van der Waals surface area contributed by atoms with E-state index < -0.39 is 0 Å². The molecule has 0 aromatic heterocycles. The molecule has 0 radical (unpaired) electrons. The number of nitrogens with zero attached hydrogens (tertiary/aromatic N) is 2. The molecule has 0 amide bonds. The molecule has 0 aliphatic heterocycles. The maximum atomic E-state index is 9.40. The number of azo groups is 1. The normalized spacial score (nSPS) is 11.0. The summed E-state index contributed by atoms with van der Waals surface area (Å²) in [6, 6.07) is 11.6. The molecule has 0 aliphatic rings. The van der Waals surface area contributed by atoms with Crippen molar-refractivity contribution in [1.82, 2.24) is 0 Å². The molecule has 2 aromatic carbocycles. The maximum Gasteiger partial charge on any atom is 0.121 e. The summed E-state index contributed by atoms with van der Waals surface area (Å²) in [5, 5.41) is 27.1. The number of rotatable bonds is 3. The molecule has 0 saturated heterocycles. The Morgan fingerprint density at radius 2 is 1.56 bits per heavy atom. The van der Waals surface area contributed by atoms with Gasteiger partial charge in [-0.2, -0.15) is 10.2 Å². The summed E-state index contributed by atoms with van der Waals surface area (Å²) in [5.74, 6) is 0.0444.